The van der Waals surface area contributed by atoms with Crippen molar-refractivity contribution in [2.24, 2.45) is 0 Å². The summed E-state index contributed by atoms with van der Waals surface area (Å²) < 4.78 is 14.2. The number of amides is 2. The zero-order valence-corrected chi connectivity index (χ0v) is 11.9. The number of halogens is 2. The normalized spacial score (nSPS) is 23.0. The molecule has 112 valence electrons. The molecular formula is C14H14ClFN2O3. The number of benzene rings is 1. The number of rotatable bonds is 2. The second-order valence-corrected chi connectivity index (χ2v) is 5.79. The first-order valence-electron chi connectivity index (χ1n) is 6.71. The predicted molar refractivity (Wildman–Crippen MR) is 74.8 cm³/mol. The zero-order chi connectivity index (χ0) is 15.1. The van der Waals surface area contributed by atoms with Crippen LogP contribution in [-0.2, 0) is 9.59 Å². The Kier molecular flexibility index (Phi) is 3.59. The molecule has 2 amide bonds. The summed E-state index contributed by atoms with van der Waals surface area (Å²) in [6, 6.07) is 2.73. The molecule has 3 rings (SSSR count). The summed E-state index contributed by atoms with van der Waals surface area (Å²) >= 11 is 6.18. The first kappa shape index (κ1) is 14.3. The summed E-state index contributed by atoms with van der Waals surface area (Å²) in [6.07, 6.45) is 0.0954. The van der Waals surface area contributed by atoms with Crippen LogP contribution in [-0.4, -0.2) is 36.1 Å². The third kappa shape index (κ3) is 2.61. The number of anilines is 1. The molecule has 1 atom stereocenters. The summed E-state index contributed by atoms with van der Waals surface area (Å²) in [7, 11) is 0. The van der Waals surface area contributed by atoms with Crippen molar-refractivity contribution in [1.29, 1.82) is 0 Å². The first-order valence-corrected chi connectivity index (χ1v) is 7.09. The lowest BCUT2D eigenvalue weighted by atomic mass is 9.90. The molecule has 1 aromatic carbocycles. The van der Waals surface area contributed by atoms with Gasteiger partial charge in [0.2, 0.25) is 11.8 Å². The third-order valence-corrected chi connectivity index (χ3v) is 4.21. The molecule has 0 aliphatic carbocycles. The number of piperidine rings is 1. The molecular weight excluding hydrogens is 299 g/mol. The van der Waals surface area contributed by atoms with E-state index in [9.17, 15) is 19.1 Å². The van der Waals surface area contributed by atoms with E-state index in [4.69, 9.17) is 11.6 Å². The van der Waals surface area contributed by atoms with Crippen molar-refractivity contribution >= 4 is 29.1 Å². The number of imide groups is 1. The van der Waals surface area contributed by atoms with E-state index in [2.05, 4.69) is 5.32 Å². The molecule has 0 spiro atoms. The minimum atomic E-state index is -0.610. The molecule has 1 unspecified atom stereocenters. The van der Waals surface area contributed by atoms with Gasteiger partial charge in [0.15, 0.2) is 0 Å². The monoisotopic (exact) mass is 312 g/mol. The maximum atomic E-state index is 14.2. The highest BCUT2D eigenvalue weighted by molar-refractivity contribution is 6.32. The Labute approximate surface area is 125 Å². The predicted octanol–water partition coefficient (Wildman–Crippen LogP) is 1.18. The molecule has 0 saturated carbocycles. The summed E-state index contributed by atoms with van der Waals surface area (Å²) in [5.74, 6) is -1.86. The van der Waals surface area contributed by atoms with Crippen molar-refractivity contribution in [1.82, 2.24) is 5.32 Å². The van der Waals surface area contributed by atoms with Crippen LogP contribution in [0.4, 0.5) is 10.1 Å². The molecule has 0 bridgehead atoms. The van der Waals surface area contributed by atoms with E-state index in [-0.39, 0.29) is 12.3 Å². The Balaban J connectivity index is 1.88. The smallest absolute Gasteiger partial charge is 0.234 e. The minimum absolute atomic E-state index is 0.217. The highest BCUT2D eigenvalue weighted by atomic mass is 35.5. The zero-order valence-electron chi connectivity index (χ0n) is 11.1. The van der Waals surface area contributed by atoms with Crippen LogP contribution >= 0.6 is 11.6 Å². The lowest BCUT2D eigenvalue weighted by Gasteiger charge is -2.38. The van der Waals surface area contributed by atoms with Crippen molar-refractivity contribution in [2.75, 3.05) is 18.0 Å². The van der Waals surface area contributed by atoms with Gasteiger partial charge in [0.25, 0.3) is 0 Å². The number of hydrogen-bond acceptors (Lipinski definition) is 4. The van der Waals surface area contributed by atoms with E-state index in [0.29, 0.717) is 35.8 Å². The highest BCUT2D eigenvalue weighted by Gasteiger charge is 2.32. The van der Waals surface area contributed by atoms with Crippen LogP contribution < -0.4 is 10.2 Å². The van der Waals surface area contributed by atoms with Gasteiger partial charge in [0.1, 0.15) is 5.82 Å². The molecule has 2 saturated heterocycles. The van der Waals surface area contributed by atoms with E-state index < -0.39 is 23.7 Å². The van der Waals surface area contributed by atoms with Crippen LogP contribution in [0.2, 0.25) is 5.02 Å². The Morgan fingerprint density at radius 2 is 2.05 bits per heavy atom. The third-order valence-electron chi connectivity index (χ3n) is 3.88. The quantitative estimate of drug-likeness (QED) is 0.805. The Morgan fingerprint density at radius 3 is 2.67 bits per heavy atom. The van der Waals surface area contributed by atoms with Gasteiger partial charge in [-0.25, -0.2) is 4.39 Å². The largest absolute Gasteiger partial charge is 0.389 e. The maximum absolute atomic E-state index is 14.2. The van der Waals surface area contributed by atoms with Gasteiger partial charge in [-0.3, -0.25) is 14.9 Å². The summed E-state index contributed by atoms with van der Waals surface area (Å²) in [4.78, 5) is 24.7. The van der Waals surface area contributed by atoms with Gasteiger partial charge in [-0.05, 0) is 24.1 Å². The average molecular weight is 313 g/mol. The van der Waals surface area contributed by atoms with Crippen LogP contribution in [0.25, 0.3) is 0 Å². The molecule has 2 heterocycles. The van der Waals surface area contributed by atoms with Crippen molar-refractivity contribution in [3.8, 4) is 0 Å². The topological polar surface area (TPSA) is 69.6 Å². The molecule has 2 aliphatic heterocycles. The number of nitrogens with one attached hydrogen (secondary N) is 1. The summed E-state index contributed by atoms with van der Waals surface area (Å²) in [5.41, 5.74) is 0.713. The van der Waals surface area contributed by atoms with Crippen LogP contribution in [0, 0.1) is 5.82 Å². The standard InChI is InChI=1S/C14H14ClFN2O3/c15-10-4-12(18-5-7(19)6-18)11(16)3-9(10)8-1-2-13(20)17-14(8)21/h3-4,7-8,19H,1-2,5-6H2,(H,17,20,21). The average Bonchev–Trinajstić information content (AvgIpc) is 2.38. The second kappa shape index (κ2) is 5.27. The number of aliphatic hydroxyl groups excluding tert-OH is 1. The van der Waals surface area contributed by atoms with Crippen LogP contribution in [0.3, 0.4) is 0 Å². The number of nitrogens with zero attached hydrogens (tertiary/aromatic N) is 1. The Hall–Kier alpha value is -1.66. The lowest BCUT2D eigenvalue weighted by molar-refractivity contribution is -0.134. The molecule has 0 aromatic heterocycles. The molecule has 5 nitrogen and oxygen atoms in total. The first-order chi connectivity index (χ1) is 9.95. The fraction of sp³-hybridized carbons (Fsp3) is 0.429. The molecule has 2 N–H and O–H groups in total. The number of aliphatic hydroxyl groups is 1. The van der Waals surface area contributed by atoms with Gasteiger partial charge in [0, 0.05) is 24.5 Å². The number of carbonyl (C=O) groups excluding carboxylic acids is 2. The fourth-order valence-electron chi connectivity index (χ4n) is 2.70. The molecule has 21 heavy (non-hydrogen) atoms. The summed E-state index contributed by atoms with van der Waals surface area (Å²) in [6.45, 7) is 0.732. The van der Waals surface area contributed by atoms with Crippen molar-refractivity contribution < 1.29 is 19.1 Å². The fourth-order valence-corrected chi connectivity index (χ4v) is 2.99. The van der Waals surface area contributed by atoms with E-state index in [1.165, 1.54) is 12.1 Å². The van der Waals surface area contributed by atoms with E-state index in [0.717, 1.165) is 0 Å². The van der Waals surface area contributed by atoms with Gasteiger partial charge in [-0.2, -0.15) is 0 Å². The van der Waals surface area contributed by atoms with Crippen LogP contribution in [0.1, 0.15) is 24.3 Å². The van der Waals surface area contributed by atoms with Crippen LogP contribution in [0.15, 0.2) is 12.1 Å². The van der Waals surface area contributed by atoms with Gasteiger partial charge < -0.3 is 10.0 Å². The highest BCUT2D eigenvalue weighted by Crippen LogP contribution is 2.36. The Morgan fingerprint density at radius 1 is 1.33 bits per heavy atom. The van der Waals surface area contributed by atoms with Crippen molar-refractivity contribution in [3.63, 3.8) is 0 Å². The minimum Gasteiger partial charge on any atom is -0.389 e. The molecule has 2 aliphatic rings. The molecule has 2 fully saturated rings. The van der Waals surface area contributed by atoms with Gasteiger partial charge >= 0.3 is 0 Å². The van der Waals surface area contributed by atoms with Crippen LogP contribution in [0.5, 0.6) is 0 Å². The SMILES string of the molecule is O=C1CCC(c2cc(F)c(N3CC(O)C3)cc2Cl)C(=O)N1. The lowest BCUT2D eigenvalue weighted by Crippen LogP contribution is -2.51. The molecule has 1 aromatic rings. The number of carbonyl (C=O) groups is 2. The second-order valence-electron chi connectivity index (χ2n) is 5.39. The summed E-state index contributed by atoms with van der Waals surface area (Å²) in [5, 5.41) is 11.8. The number of hydrogen-bond donors (Lipinski definition) is 2. The molecule has 0 radical (unpaired) electrons. The maximum Gasteiger partial charge on any atom is 0.234 e. The van der Waals surface area contributed by atoms with E-state index in [1.54, 1.807) is 4.90 Å². The van der Waals surface area contributed by atoms with E-state index in [1.807, 2.05) is 0 Å². The van der Waals surface area contributed by atoms with Crippen molar-refractivity contribution in [2.45, 2.75) is 24.9 Å². The van der Waals surface area contributed by atoms with Gasteiger partial charge in [0.05, 0.1) is 17.7 Å². The number of β-amino-alcohol motifs (C(OH)–C–C–N with tert-alkyl or cyclic N) is 1. The van der Waals surface area contributed by atoms with Crippen molar-refractivity contribution in [3.05, 3.63) is 28.5 Å². The van der Waals surface area contributed by atoms with Gasteiger partial charge in [-0.1, -0.05) is 11.6 Å². The van der Waals surface area contributed by atoms with Gasteiger partial charge in [-0.15, -0.1) is 0 Å². The van der Waals surface area contributed by atoms with E-state index >= 15 is 0 Å². The Bertz CT molecular complexity index is 616. The molecule has 7 heteroatoms.